The van der Waals surface area contributed by atoms with Gasteiger partial charge in [0.2, 0.25) is 15.9 Å². The average Bonchev–Trinajstić information content (AvgIpc) is 2.90. The zero-order chi connectivity index (χ0) is 25.1. The molecule has 0 unspecified atom stereocenters. The summed E-state index contributed by atoms with van der Waals surface area (Å²) in [4.78, 5) is 13.5. The lowest BCUT2D eigenvalue weighted by Gasteiger charge is -2.31. The second kappa shape index (κ2) is 10.3. The van der Waals surface area contributed by atoms with E-state index >= 15 is 0 Å². The molecule has 1 aliphatic heterocycles. The number of nitrogens with one attached hydrogen (secondary N) is 1. The fraction of sp³-hybridized carbons (Fsp3) is 0.179. The first-order valence-corrected chi connectivity index (χ1v) is 13.5. The van der Waals surface area contributed by atoms with Gasteiger partial charge in [-0.3, -0.25) is 4.79 Å². The maximum atomic E-state index is 13.4. The first-order chi connectivity index (χ1) is 17.4. The topological polar surface area (TPSA) is 75.7 Å². The number of halogens is 1. The summed E-state index contributed by atoms with van der Waals surface area (Å²) in [5.74, 6) is 0.308. The number of hydrogen-bond acceptors (Lipinski definition) is 4. The van der Waals surface area contributed by atoms with E-state index in [-0.39, 0.29) is 17.3 Å². The van der Waals surface area contributed by atoms with Crippen LogP contribution in [0, 0.1) is 5.92 Å². The highest BCUT2D eigenvalue weighted by Gasteiger charge is 2.33. The SMILES string of the molecule is O=C(Nc1cc(Cl)ccc1Oc1ccccc1)[C@H]1CCCN(S(=O)(=O)c2ccc3ccccc3c2)C1. The maximum Gasteiger partial charge on any atom is 0.243 e. The number of fused-ring (bicyclic) bond motifs is 1. The van der Waals surface area contributed by atoms with Gasteiger partial charge in [-0.05, 0) is 66.1 Å². The van der Waals surface area contributed by atoms with E-state index < -0.39 is 15.9 Å². The second-order valence-electron chi connectivity index (χ2n) is 8.76. The summed E-state index contributed by atoms with van der Waals surface area (Å²) < 4.78 is 34.2. The predicted molar refractivity (Wildman–Crippen MR) is 142 cm³/mol. The van der Waals surface area contributed by atoms with Crippen LogP contribution in [-0.2, 0) is 14.8 Å². The predicted octanol–water partition coefficient (Wildman–Crippen LogP) is 6.32. The van der Waals surface area contributed by atoms with E-state index in [0.717, 1.165) is 10.8 Å². The molecule has 1 fully saturated rings. The molecule has 5 rings (SSSR count). The average molecular weight is 521 g/mol. The number of anilines is 1. The Labute approximate surface area is 215 Å². The molecule has 0 saturated carbocycles. The van der Waals surface area contributed by atoms with E-state index in [0.29, 0.717) is 41.6 Å². The minimum atomic E-state index is -3.74. The molecule has 0 aliphatic carbocycles. The highest BCUT2D eigenvalue weighted by atomic mass is 35.5. The lowest BCUT2D eigenvalue weighted by Crippen LogP contribution is -2.43. The molecule has 1 amide bonds. The number of nitrogens with zero attached hydrogens (tertiary/aromatic N) is 1. The van der Waals surface area contributed by atoms with Crippen molar-refractivity contribution in [3.63, 3.8) is 0 Å². The van der Waals surface area contributed by atoms with Gasteiger partial charge >= 0.3 is 0 Å². The molecule has 0 aromatic heterocycles. The van der Waals surface area contributed by atoms with Gasteiger partial charge in [0, 0.05) is 18.1 Å². The lowest BCUT2D eigenvalue weighted by molar-refractivity contribution is -0.120. The maximum absolute atomic E-state index is 13.4. The zero-order valence-corrected chi connectivity index (χ0v) is 21.0. The summed E-state index contributed by atoms with van der Waals surface area (Å²) in [6.07, 6.45) is 1.18. The van der Waals surface area contributed by atoms with Crippen LogP contribution >= 0.6 is 11.6 Å². The van der Waals surface area contributed by atoms with Crippen molar-refractivity contribution in [2.45, 2.75) is 17.7 Å². The number of carbonyl (C=O) groups is 1. The van der Waals surface area contributed by atoms with Crippen LogP contribution < -0.4 is 10.1 Å². The van der Waals surface area contributed by atoms with Gasteiger partial charge in [0.15, 0.2) is 5.75 Å². The molecule has 1 aliphatic rings. The first kappa shape index (κ1) is 24.3. The molecular formula is C28H25ClN2O4S. The van der Waals surface area contributed by atoms with Crippen molar-refractivity contribution in [2.24, 2.45) is 5.92 Å². The van der Waals surface area contributed by atoms with Crippen molar-refractivity contribution in [3.05, 3.63) is 96.0 Å². The van der Waals surface area contributed by atoms with Crippen molar-refractivity contribution < 1.29 is 17.9 Å². The molecule has 1 saturated heterocycles. The largest absolute Gasteiger partial charge is 0.455 e. The van der Waals surface area contributed by atoms with Crippen molar-refractivity contribution in [1.29, 1.82) is 0 Å². The van der Waals surface area contributed by atoms with Gasteiger partial charge in [-0.25, -0.2) is 8.42 Å². The van der Waals surface area contributed by atoms with Crippen LogP contribution in [0.1, 0.15) is 12.8 Å². The fourth-order valence-corrected chi connectivity index (χ4v) is 6.12. The highest BCUT2D eigenvalue weighted by molar-refractivity contribution is 7.89. The number of sulfonamides is 1. The number of hydrogen-bond donors (Lipinski definition) is 1. The van der Waals surface area contributed by atoms with Crippen LogP contribution in [0.15, 0.2) is 95.9 Å². The third-order valence-corrected chi connectivity index (χ3v) is 8.38. The summed E-state index contributed by atoms with van der Waals surface area (Å²) in [7, 11) is -3.74. The van der Waals surface area contributed by atoms with Crippen LogP contribution in [0.5, 0.6) is 11.5 Å². The Morgan fingerprint density at radius 3 is 2.47 bits per heavy atom. The molecule has 0 radical (unpaired) electrons. The van der Waals surface area contributed by atoms with Gasteiger partial charge in [0.1, 0.15) is 5.75 Å². The van der Waals surface area contributed by atoms with Crippen LogP contribution in [0.4, 0.5) is 5.69 Å². The van der Waals surface area contributed by atoms with E-state index in [9.17, 15) is 13.2 Å². The molecule has 1 heterocycles. The van der Waals surface area contributed by atoms with E-state index in [1.165, 1.54) is 4.31 Å². The van der Waals surface area contributed by atoms with Crippen LogP contribution in [0.25, 0.3) is 10.8 Å². The quantitative estimate of drug-likeness (QED) is 0.322. The summed E-state index contributed by atoms with van der Waals surface area (Å²) >= 11 is 6.19. The smallest absolute Gasteiger partial charge is 0.243 e. The van der Waals surface area contributed by atoms with Gasteiger partial charge in [0.25, 0.3) is 0 Å². The summed E-state index contributed by atoms with van der Waals surface area (Å²) in [5, 5.41) is 5.19. The lowest BCUT2D eigenvalue weighted by atomic mass is 9.98. The third kappa shape index (κ3) is 5.23. The molecule has 1 atom stereocenters. The monoisotopic (exact) mass is 520 g/mol. The van der Waals surface area contributed by atoms with Gasteiger partial charge in [-0.15, -0.1) is 0 Å². The van der Waals surface area contributed by atoms with Crippen molar-refractivity contribution in [1.82, 2.24) is 4.31 Å². The zero-order valence-electron chi connectivity index (χ0n) is 19.4. The van der Waals surface area contributed by atoms with Crippen molar-refractivity contribution in [2.75, 3.05) is 18.4 Å². The summed E-state index contributed by atoms with van der Waals surface area (Å²) in [6, 6.07) is 27.0. The van der Waals surface area contributed by atoms with Crippen LogP contribution in [0.3, 0.4) is 0 Å². The molecule has 4 aromatic carbocycles. The summed E-state index contributed by atoms with van der Waals surface area (Å²) in [5.41, 5.74) is 0.436. The van der Waals surface area contributed by atoms with E-state index in [2.05, 4.69) is 5.32 Å². The normalized spacial score (nSPS) is 16.5. The Morgan fingerprint density at radius 1 is 0.917 bits per heavy atom. The number of ether oxygens (including phenoxy) is 1. The van der Waals surface area contributed by atoms with Gasteiger partial charge in [-0.1, -0.05) is 60.1 Å². The molecule has 184 valence electrons. The molecule has 8 heteroatoms. The van der Waals surface area contributed by atoms with E-state index in [4.69, 9.17) is 16.3 Å². The number of rotatable bonds is 6. The molecule has 0 bridgehead atoms. The van der Waals surface area contributed by atoms with E-state index in [1.54, 1.807) is 30.3 Å². The number of para-hydroxylation sites is 1. The Balaban J connectivity index is 1.33. The second-order valence-corrected chi connectivity index (χ2v) is 11.1. The van der Waals surface area contributed by atoms with Crippen molar-refractivity contribution >= 4 is 44.0 Å². The Morgan fingerprint density at radius 2 is 1.67 bits per heavy atom. The number of amides is 1. The van der Waals surface area contributed by atoms with Crippen LogP contribution in [0.2, 0.25) is 5.02 Å². The Hall–Kier alpha value is -3.39. The van der Waals surface area contributed by atoms with Gasteiger partial charge in [0.05, 0.1) is 16.5 Å². The third-order valence-electron chi connectivity index (χ3n) is 6.28. The summed E-state index contributed by atoms with van der Waals surface area (Å²) in [6.45, 7) is 0.481. The van der Waals surface area contributed by atoms with Gasteiger partial charge < -0.3 is 10.1 Å². The minimum absolute atomic E-state index is 0.108. The number of carbonyl (C=O) groups excluding carboxylic acids is 1. The Kier molecular flexibility index (Phi) is 6.96. The molecule has 36 heavy (non-hydrogen) atoms. The van der Waals surface area contributed by atoms with Crippen LogP contribution in [-0.4, -0.2) is 31.7 Å². The van der Waals surface area contributed by atoms with Crippen molar-refractivity contribution in [3.8, 4) is 11.5 Å². The first-order valence-electron chi connectivity index (χ1n) is 11.7. The fourth-order valence-electron chi connectivity index (χ4n) is 4.39. The molecule has 6 nitrogen and oxygen atoms in total. The molecular weight excluding hydrogens is 496 g/mol. The Bertz CT molecular complexity index is 1510. The molecule has 1 N–H and O–H groups in total. The van der Waals surface area contributed by atoms with E-state index in [1.807, 2.05) is 60.7 Å². The number of benzene rings is 4. The van der Waals surface area contributed by atoms with Gasteiger partial charge in [-0.2, -0.15) is 4.31 Å². The molecule has 4 aromatic rings. The standard InChI is InChI=1S/C28H25ClN2O4S/c29-23-13-15-27(35-24-10-2-1-3-11-24)26(18-23)30-28(32)22-9-6-16-31(19-22)36(33,34)25-14-12-20-7-4-5-8-21(20)17-25/h1-5,7-8,10-15,17-18,22H,6,9,16,19H2,(H,30,32)/t22-/m0/s1. The molecule has 0 spiro atoms. The number of piperidine rings is 1. The highest BCUT2D eigenvalue weighted by Crippen LogP contribution is 2.33. The minimum Gasteiger partial charge on any atom is -0.455 e.